The molecule has 0 spiro atoms. The third kappa shape index (κ3) is 2.41. The van der Waals surface area contributed by atoms with E-state index in [2.05, 4.69) is 45.3 Å². The van der Waals surface area contributed by atoms with E-state index >= 15 is 0 Å². The molecule has 0 fully saturated rings. The van der Waals surface area contributed by atoms with Crippen LogP contribution in [0.15, 0.2) is 24.3 Å². The Morgan fingerprint density at radius 3 is 2.27 bits per heavy atom. The lowest BCUT2D eigenvalue weighted by atomic mass is 9.73. The van der Waals surface area contributed by atoms with Crippen molar-refractivity contribution >= 4 is 12.7 Å². The van der Waals surface area contributed by atoms with E-state index < -0.39 is 0 Å². The Kier molecular flexibility index (Phi) is 3.22. The molecule has 0 atom stereocenters. The zero-order valence-corrected chi connectivity index (χ0v) is 7.30. The first-order valence-electron chi connectivity index (χ1n) is 4.25. The summed E-state index contributed by atoms with van der Waals surface area (Å²) in [5.41, 5.74) is 2.75. The van der Waals surface area contributed by atoms with Gasteiger partial charge in [0.05, 0.1) is 0 Å². The normalized spacial score (nSPS) is 9.64. The van der Waals surface area contributed by atoms with E-state index in [1.54, 1.807) is 0 Å². The van der Waals surface area contributed by atoms with Crippen molar-refractivity contribution in [3.8, 4) is 0 Å². The van der Waals surface area contributed by atoms with Crippen LogP contribution in [-0.2, 0) is 6.42 Å². The van der Waals surface area contributed by atoms with E-state index in [1.807, 2.05) is 0 Å². The van der Waals surface area contributed by atoms with Gasteiger partial charge >= 0.3 is 0 Å². The van der Waals surface area contributed by atoms with Gasteiger partial charge in [-0.3, -0.25) is 0 Å². The Hall–Kier alpha value is -0.715. The molecular weight excluding hydrogens is 131 g/mol. The predicted molar refractivity (Wildman–Crippen MR) is 51.7 cm³/mol. The minimum absolute atomic E-state index is 1.20. The van der Waals surface area contributed by atoms with Gasteiger partial charge in [0.2, 0.25) is 0 Å². The molecule has 1 aromatic rings. The third-order valence-electron chi connectivity index (χ3n) is 1.85. The quantitative estimate of drug-likeness (QED) is 0.570. The van der Waals surface area contributed by atoms with Crippen LogP contribution >= 0.6 is 0 Å². The lowest BCUT2D eigenvalue weighted by Gasteiger charge is -1.99. The summed E-state index contributed by atoms with van der Waals surface area (Å²) in [6.07, 6.45) is 2.43. The van der Waals surface area contributed by atoms with E-state index in [4.69, 9.17) is 0 Å². The molecule has 0 saturated carbocycles. The molecule has 0 aliphatic carbocycles. The molecule has 1 aromatic carbocycles. The lowest BCUT2D eigenvalue weighted by molar-refractivity contribution is 0.922. The number of aryl methyl sites for hydroxylation is 1. The summed E-state index contributed by atoms with van der Waals surface area (Å²) in [7, 11) is 2.12. The highest BCUT2D eigenvalue weighted by Crippen LogP contribution is 1.99. The van der Waals surface area contributed by atoms with Crippen molar-refractivity contribution in [2.24, 2.45) is 0 Å². The summed E-state index contributed by atoms with van der Waals surface area (Å²) in [5, 5.41) is 0. The summed E-state index contributed by atoms with van der Waals surface area (Å²) < 4.78 is 0. The molecule has 1 heteroatoms. The van der Waals surface area contributed by atoms with Crippen LogP contribution in [0.25, 0.3) is 0 Å². The Morgan fingerprint density at radius 2 is 1.82 bits per heavy atom. The van der Waals surface area contributed by atoms with Crippen LogP contribution in [-0.4, -0.2) is 7.28 Å². The molecular formula is C10H14B. The first-order chi connectivity index (χ1) is 5.36. The summed E-state index contributed by atoms with van der Waals surface area (Å²) in [6, 6.07) is 8.76. The molecule has 0 aliphatic heterocycles. The minimum atomic E-state index is 1.20. The summed E-state index contributed by atoms with van der Waals surface area (Å²) >= 11 is 0. The number of benzene rings is 1. The van der Waals surface area contributed by atoms with Gasteiger partial charge in [-0.15, -0.1) is 0 Å². The van der Waals surface area contributed by atoms with Crippen LogP contribution < -0.4 is 5.46 Å². The zero-order chi connectivity index (χ0) is 8.10. The Morgan fingerprint density at radius 1 is 1.18 bits per heavy atom. The SMILES string of the molecule is C[B]c1ccc(CCC)cc1. The molecule has 1 rings (SSSR count). The van der Waals surface area contributed by atoms with E-state index in [0.29, 0.717) is 0 Å². The minimum Gasteiger partial charge on any atom is -0.0881 e. The monoisotopic (exact) mass is 145 g/mol. The average molecular weight is 145 g/mol. The third-order valence-corrected chi connectivity index (χ3v) is 1.85. The second-order valence-corrected chi connectivity index (χ2v) is 2.78. The number of rotatable bonds is 3. The standard InChI is InChI=1S/C10H14B/c1-3-4-9-5-7-10(11-2)8-6-9/h5-8H,3-4H2,1-2H3. The highest BCUT2D eigenvalue weighted by atomic mass is 13.9. The molecule has 1 radical (unpaired) electrons. The van der Waals surface area contributed by atoms with Gasteiger partial charge in [-0.05, 0) is 12.0 Å². The van der Waals surface area contributed by atoms with E-state index in [0.717, 1.165) is 0 Å². The lowest BCUT2D eigenvalue weighted by Crippen LogP contribution is -2.09. The Labute approximate surface area is 69.9 Å². The summed E-state index contributed by atoms with van der Waals surface area (Å²) in [5.74, 6) is 0. The van der Waals surface area contributed by atoms with Gasteiger partial charge in [0.25, 0.3) is 0 Å². The number of hydrogen-bond donors (Lipinski definition) is 0. The average Bonchev–Trinajstić information content (AvgIpc) is 2.07. The van der Waals surface area contributed by atoms with Gasteiger partial charge in [-0.1, -0.05) is 49.9 Å². The van der Waals surface area contributed by atoms with Crippen LogP contribution in [0.3, 0.4) is 0 Å². The van der Waals surface area contributed by atoms with Gasteiger partial charge in [-0.25, -0.2) is 0 Å². The molecule has 0 nitrogen and oxygen atoms in total. The van der Waals surface area contributed by atoms with Gasteiger partial charge in [0.1, 0.15) is 7.28 Å². The zero-order valence-electron chi connectivity index (χ0n) is 7.30. The van der Waals surface area contributed by atoms with Crippen molar-refractivity contribution in [2.75, 3.05) is 0 Å². The van der Waals surface area contributed by atoms with Gasteiger partial charge < -0.3 is 0 Å². The van der Waals surface area contributed by atoms with Crippen molar-refractivity contribution in [2.45, 2.75) is 26.6 Å². The Balaban J connectivity index is 2.66. The van der Waals surface area contributed by atoms with E-state index in [1.165, 1.54) is 23.9 Å². The molecule has 0 aromatic heterocycles. The second kappa shape index (κ2) is 4.22. The van der Waals surface area contributed by atoms with Crippen LogP contribution in [0.1, 0.15) is 18.9 Å². The predicted octanol–water partition coefficient (Wildman–Crippen LogP) is 2.02. The summed E-state index contributed by atoms with van der Waals surface area (Å²) in [6.45, 7) is 4.27. The topological polar surface area (TPSA) is 0 Å². The highest BCUT2D eigenvalue weighted by molar-refractivity contribution is 6.51. The largest absolute Gasteiger partial charge is 0.148 e. The van der Waals surface area contributed by atoms with Crippen LogP contribution in [0.2, 0.25) is 6.82 Å². The van der Waals surface area contributed by atoms with Gasteiger partial charge in [0.15, 0.2) is 0 Å². The molecule has 0 unspecified atom stereocenters. The maximum absolute atomic E-state index is 2.21. The molecule has 0 bridgehead atoms. The summed E-state index contributed by atoms with van der Waals surface area (Å²) in [4.78, 5) is 0. The van der Waals surface area contributed by atoms with E-state index in [-0.39, 0.29) is 0 Å². The van der Waals surface area contributed by atoms with Crippen molar-refractivity contribution in [1.82, 2.24) is 0 Å². The van der Waals surface area contributed by atoms with Crippen molar-refractivity contribution in [1.29, 1.82) is 0 Å². The van der Waals surface area contributed by atoms with Crippen molar-refractivity contribution in [3.63, 3.8) is 0 Å². The van der Waals surface area contributed by atoms with Crippen LogP contribution in [0.5, 0.6) is 0 Å². The van der Waals surface area contributed by atoms with Crippen LogP contribution in [0.4, 0.5) is 0 Å². The smallest absolute Gasteiger partial charge is 0.0881 e. The molecule has 0 aliphatic rings. The number of hydrogen-bond acceptors (Lipinski definition) is 0. The molecule has 0 N–H and O–H groups in total. The second-order valence-electron chi connectivity index (χ2n) is 2.78. The van der Waals surface area contributed by atoms with Crippen molar-refractivity contribution in [3.05, 3.63) is 29.8 Å². The fraction of sp³-hybridized carbons (Fsp3) is 0.400. The first-order valence-corrected chi connectivity index (χ1v) is 4.25. The highest BCUT2D eigenvalue weighted by Gasteiger charge is 1.91. The van der Waals surface area contributed by atoms with Gasteiger partial charge in [0, 0.05) is 0 Å². The van der Waals surface area contributed by atoms with E-state index in [9.17, 15) is 0 Å². The van der Waals surface area contributed by atoms with Crippen LogP contribution in [0, 0.1) is 0 Å². The van der Waals surface area contributed by atoms with Crippen molar-refractivity contribution < 1.29 is 0 Å². The fourth-order valence-corrected chi connectivity index (χ4v) is 1.17. The molecule has 0 heterocycles. The van der Waals surface area contributed by atoms with Gasteiger partial charge in [-0.2, -0.15) is 0 Å². The molecule has 0 saturated heterocycles. The maximum Gasteiger partial charge on any atom is 0.148 e. The molecule has 57 valence electrons. The first kappa shape index (κ1) is 8.38. The maximum atomic E-state index is 2.21. The Bertz CT molecular complexity index is 201. The molecule has 0 amide bonds. The fourth-order valence-electron chi connectivity index (χ4n) is 1.17. The molecule has 11 heavy (non-hydrogen) atoms.